The largest absolute Gasteiger partial charge is 0.872 e. The Balaban J connectivity index is 1.87. The summed E-state index contributed by atoms with van der Waals surface area (Å²) in [5, 5.41) is 22.6. The Morgan fingerprint density at radius 1 is 1.15 bits per heavy atom. The van der Waals surface area contributed by atoms with Crippen molar-refractivity contribution < 1.29 is 29.4 Å². The molecule has 1 heterocycles. The maximum absolute atomic E-state index is 12.6. The van der Waals surface area contributed by atoms with Gasteiger partial charge in [-0.05, 0) is 30.3 Å². The molecule has 0 spiro atoms. The molecule has 1 atom stereocenters. The van der Waals surface area contributed by atoms with Gasteiger partial charge in [0.05, 0.1) is 16.9 Å². The molecule has 0 bridgehead atoms. The lowest BCUT2D eigenvalue weighted by molar-refractivity contribution is -0.268. The number of aromatic carboxylic acids is 1. The van der Waals surface area contributed by atoms with Gasteiger partial charge in [-0.2, -0.15) is 0 Å². The van der Waals surface area contributed by atoms with Gasteiger partial charge in [0.25, 0.3) is 5.91 Å². The lowest BCUT2D eigenvalue weighted by Gasteiger charge is -2.28. The molecule has 0 aromatic heterocycles. The quantitative estimate of drug-likeness (QED) is 0.613. The van der Waals surface area contributed by atoms with Crippen LogP contribution in [0.15, 0.2) is 53.5 Å². The van der Waals surface area contributed by atoms with E-state index in [0.29, 0.717) is 5.69 Å². The van der Waals surface area contributed by atoms with E-state index in [1.54, 1.807) is 18.2 Å². The first kappa shape index (κ1) is 17.8. The van der Waals surface area contributed by atoms with E-state index in [9.17, 15) is 24.3 Å². The summed E-state index contributed by atoms with van der Waals surface area (Å²) in [7, 11) is 0. The number of aliphatic imine (C=N–C) groups is 1. The number of benzene rings is 2. The highest BCUT2D eigenvalue weighted by molar-refractivity contribution is 6.32. The highest BCUT2D eigenvalue weighted by Crippen LogP contribution is 2.23. The third-order valence-corrected chi connectivity index (χ3v) is 3.78. The third kappa shape index (κ3) is 3.52. The van der Waals surface area contributed by atoms with E-state index >= 15 is 0 Å². The van der Waals surface area contributed by atoms with E-state index in [0.717, 1.165) is 23.2 Å². The summed E-state index contributed by atoms with van der Waals surface area (Å²) < 4.78 is 0. The minimum Gasteiger partial charge on any atom is -0.872 e. The Morgan fingerprint density at radius 3 is 2.48 bits per heavy atom. The van der Waals surface area contributed by atoms with E-state index < -0.39 is 41.0 Å². The second-order valence-corrected chi connectivity index (χ2v) is 5.55. The van der Waals surface area contributed by atoms with Crippen molar-refractivity contribution in [2.75, 3.05) is 4.90 Å². The molecule has 0 radical (unpaired) electrons. The first-order valence-corrected chi connectivity index (χ1v) is 7.71. The number of carboxylic acids is 1. The average molecular weight is 366 g/mol. The second kappa shape index (κ2) is 7.08. The van der Waals surface area contributed by atoms with Crippen molar-refractivity contribution in [3.8, 4) is 5.75 Å². The molecular formula is C18H12N3O6-. The van der Waals surface area contributed by atoms with Crippen molar-refractivity contribution in [2.24, 2.45) is 10.9 Å². The first-order valence-electron chi connectivity index (χ1n) is 7.71. The van der Waals surface area contributed by atoms with Gasteiger partial charge in [0.1, 0.15) is 0 Å². The summed E-state index contributed by atoms with van der Waals surface area (Å²) in [5.74, 6) is -5.13. The van der Waals surface area contributed by atoms with Gasteiger partial charge in [-0.3, -0.25) is 19.9 Å². The molecule has 9 heteroatoms. The Morgan fingerprint density at radius 2 is 1.85 bits per heavy atom. The van der Waals surface area contributed by atoms with Crippen molar-refractivity contribution >= 4 is 41.4 Å². The van der Waals surface area contributed by atoms with Crippen LogP contribution in [0.1, 0.15) is 10.4 Å². The molecule has 0 saturated carbocycles. The SMILES string of the molecule is O=C(O)c1ccc(N=CC2C(=O)NC(=O)N(c3ccccc3)C2=O)cc1[O-]. The number of hydrogen-bond donors (Lipinski definition) is 2. The van der Waals surface area contributed by atoms with Gasteiger partial charge in [0, 0.05) is 6.21 Å². The highest BCUT2D eigenvalue weighted by atomic mass is 16.4. The molecule has 1 aliphatic heterocycles. The van der Waals surface area contributed by atoms with Gasteiger partial charge in [-0.15, -0.1) is 0 Å². The van der Waals surface area contributed by atoms with Gasteiger partial charge in [0.15, 0.2) is 5.92 Å². The van der Waals surface area contributed by atoms with Gasteiger partial charge in [-0.1, -0.05) is 23.9 Å². The van der Waals surface area contributed by atoms with Crippen molar-refractivity contribution in [3.05, 3.63) is 54.1 Å². The number of urea groups is 1. The Labute approximate surface area is 152 Å². The van der Waals surface area contributed by atoms with Crippen LogP contribution in [0.2, 0.25) is 0 Å². The predicted octanol–water partition coefficient (Wildman–Crippen LogP) is 1.06. The summed E-state index contributed by atoms with van der Waals surface area (Å²) in [6, 6.07) is 10.5. The zero-order valence-corrected chi connectivity index (χ0v) is 13.7. The number of carbonyl (C=O) groups excluding carboxylic acids is 3. The number of carboxylic acid groups (broad SMARTS) is 1. The average Bonchev–Trinajstić information content (AvgIpc) is 2.62. The zero-order chi connectivity index (χ0) is 19.6. The minimum absolute atomic E-state index is 0.0776. The lowest BCUT2D eigenvalue weighted by atomic mass is 10.1. The van der Waals surface area contributed by atoms with Crippen molar-refractivity contribution in [3.63, 3.8) is 0 Å². The smallest absolute Gasteiger partial charge is 0.335 e. The van der Waals surface area contributed by atoms with Gasteiger partial charge in [-0.25, -0.2) is 14.5 Å². The fourth-order valence-electron chi connectivity index (χ4n) is 2.47. The molecule has 2 N–H and O–H groups in total. The number of carbonyl (C=O) groups is 4. The van der Waals surface area contributed by atoms with Crippen LogP contribution < -0.4 is 15.3 Å². The maximum Gasteiger partial charge on any atom is 0.335 e. The molecule has 1 aliphatic rings. The number of hydrogen-bond acceptors (Lipinski definition) is 6. The maximum atomic E-state index is 12.6. The van der Waals surface area contributed by atoms with Crippen LogP contribution in [0.4, 0.5) is 16.2 Å². The summed E-state index contributed by atoms with van der Waals surface area (Å²) in [4.78, 5) is 52.2. The number of imide groups is 2. The van der Waals surface area contributed by atoms with Crippen LogP contribution in [-0.2, 0) is 9.59 Å². The molecule has 27 heavy (non-hydrogen) atoms. The number of nitrogens with one attached hydrogen (secondary N) is 1. The van der Waals surface area contributed by atoms with E-state index in [4.69, 9.17) is 5.11 Å². The van der Waals surface area contributed by atoms with Crippen LogP contribution in [0.25, 0.3) is 0 Å². The second-order valence-electron chi connectivity index (χ2n) is 5.55. The number of anilines is 1. The molecule has 0 aliphatic carbocycles. The van der Waals surface area contributed by atoms with Crippen molar-refractivity contribution in [2.45, 2.75) is 0 Å². The minimum atomic E-state index is -1.38. The molecule has 4 amide bonds. The molecule has 1 fully saturated rings. The molecule has 1 unspecified atom stereocenters. The standard InChI is InChI=1S/C18H13N3O6/c22-14-8-10(6-7-12(14)17(25)26)19-9-13-15(23)20-18(27)21(16(13)24)11-4-2-1-3-5-11/h1-9,13,22H,(H,25,26)(H,20,23,27)/p-1. The van der Waals surface area contributed by atoms with Crippen LogP contribution >= 0.6 is 0 Å². The Bertz CT molecular complexity index is 970. The van der Waals surface area contributed by atoms with E-state index in [2.05, 4.69) is 10.3 Å². The van der Waals surface area contributed by atoms with E-state index in [-0.39, 0.29) is 5.69 Å². The normalized spacial score (nSPS) is 17.3. The van der Waals surface area contributed by atoms with Gasteiger partial charge in [0.2, 0.25) is 5.91 Å². The number of barbiturate groups is 1. The molecule has 9 nitrogen and oxygen atoms in total. The molecule has 3 rings (SSSR count). The first-order chi connectivity index (χ1) is 12.9. The van der Waals surface area contributed by atoms with Crippen molar-refractivity contribution in [1.29, 1.82) is 0 Å². The number of rotatable bonds is 4. The Kier molecular flexibility index (Phi) is 4.67. The molecular weight excluding hydrogens is 354 g/mol. The zero-order valence-electron chi connectivity index (χ0n) is 13.7. The molecule has 2 aromatic rings. The van der Waals surface area contributed by atoms with Gasteiger partial charge >= 0.3 is 12.0 Å². The van der Waals surface area contributed by atoms with Crippen LogP contribution in [-0.4, -0.2) is 35.1 Å². The summed E-state index contributed by atoms with van der Waals surface area (Å²) in [5.41, 5.74) is -0.0476. The summed E-state index contributed by atoms with van der Waals surface area (Å²) in [6.07, 6.45) is 1.01. The lowest BCUT2D eigenvalue weighted by Crippen LogP contribution is -2.58. The number of amides is 4. The molecule has 2 aromatic carbocycles. The summed E-state index contributed by atoms with van der Waals surface area (Å²) in [6.45, 7) is 0. The number of para-hydroxylation sites is 1. The fourth-order valence-corrected chi connectivity index (χ4v) is 2.47. The molecule has 1 saturated heterocycles. The van der Waals surface area contributed by atoms with Crippen molar-refractivity contribution in [1.82, 2.24) is 5.32 Å². The van der Waals surface area contributed by atoms with E-state index in [1.807, 2.05) is 0 Å². The monoisotopic (exact) mass is 366 g/mol. The van der Waals surface area contributed by atoms with Gasteiger partial charge < -0.3 is 10.2 Å². The summed E-state index contributed by atoms with van der Waals surface area (Å²) >= 11 is 0. The van der Waals surface area contributed by atoms with Crippen LogP contribution in [0, 0.1) is 5.92 Å². The van der Waals surface area contributed by atoms with Crippen LogP contribution in [0.3, 0.4) is 0 Å². The van der Waals surface area contributed by atoms with E-state index in [1.165, 1.54) is 18.2 Å². The topological polar surface area (TPSA) is 139 Å². The highest BCUT2D eigenvalue weighted by Gasteiger charge is 2.40. The number of nitrogens with zero attached hydrogens (tertiary/aromatic N) is 2. The molecule has 136 valence electrons. The Hall–Kier alpha value is -4.01. The van der Waals surface area contributed by atoms with Crippen LogP contribution in [0.5, 0.6) is 5.75 Å². The predicted molar refractivity (Wildman–Crippen MR) is 92.0 cm³/mol. The third-order valence-electron chi connectivity index (χ3n) is 3.78. The fraction of sp³-hybridized carbons (Fsp3) is 0.0556.